The first-order chi connectivity index (χ1) is 9.56. The summed E-state index contributed by atoms with van der Waals surface area (Å²) in [4.78, 5) is 4.33. The Labute approximate surface area is 126 Å². The van der Waals surface area contributed by atoms with Crippen LogP contribution in [-0.2, 0) is 16.6 Å². The second kappa shape index (κ2) is 6.86. The molecule has 0 saturated carbocycles. The molecule has 0 saturated heterocycles. The normalized spacial score (nSPS) is 13.8. The number of hydrogen-bond acceptors (Lipinski definition) is 3. The van der Waals surface area contributed by atoms with Gasteiger partial charge in [0.05, 0.1) is 11.7 Å². The number of hydrogen-bond donors (Lipinski definition) is 1. The van der Waals surface area contributed by atoms with Crippen LogP contribution in [-0.4, -0.2) is 15.4 Å². The van der Waals surface area contributed by atoms with Crippen LogP contribution in [0.2, 0.25) is 5.02 Å². The molecule has 106 valence electrons. The smallest absolute Gasteiger partial charge is 0.0657 e. The number of aromatic nitrogens is 1. The van der Waals surface area contributed by atoms with Gasteiger partial charge in [0.1, 0.15) is 0 Å². The molecular formula is C15H17ClN2OS. The topological polar surface area (TPSA) is 42.0 Å². The standard InChI is InChI=1S/C15H17ClN2OS/c1-11(15-5-3-4-8-17-15)18-13-6-7-14(16)12(9-13)10-20(2)19/h3-9,11,18H,10H2,1-2H3. The zero-order chi connectivity index (χ0) is 14.5. The first-order valence-electron chi connectivity index (χ1n) is 6.32. The molecular weight excluding hydrogens is 292 g/mol. The van der Waals surface area contributed by atoms with Crippen LogP contribution in [0.25, 0.3) is 0 Å². The lowest BCUT2D eigenvalue weighted by Gasteiger charge is -2.16. The first-order valence-corrected chi connectivity index (χ1v) is 8.42. The maximum atomic E-state index is 11.3. The van der Waals surface area contributed by atoms with Gasteiger partial charge < -0.3 is 5.32 Å². The van der Waals surface area contributed by atoms with Crippen molar-refractivity contribution in [2.24, 2.45) is 0 Å². The Morgan fingerprint density at radius 1 is 1.35 bits per heavy atom. The third-order valence-corrected chi connectivity index (χ3v) is 4.01. The highest BCUT2D eigenvalue weighted by Gasteiger charge is 2.08. The van der Waals surface area contributed by atoms with Crippen LogP contribution in [0.5, 0.6) is 0 Å². The van der Waals surface area contributed by atoms with E-state index < -0.39 is 10.8 Å². The number of benzene rings is 1. The molecule has 3 nitrogen and oxygen atoms in total. The van der Waals surface area contributed by atoms with Gasteiger partial charge in [0.2, 0.25) is 0 Å². The van der Waals surface area contributed by atoms with Crippen molar-refractivity contribution in [2.45, 2.75) is 18.7 Å². The van der Waals surface area contributed by atoms with E-state index in [0.29, 0.717) is 10.8 Å². The van der Waals surface area contributed by atoms with Gasteiger partial charge in [-0.2, -0.15) is 0 Å². The number of halogens is 1. The van der Waals surface area contributed by atoms with E-state index in [-0.39, 0.29) is 6.04 Å². The van der Waals surface area contributed by atoms with Crippen LogP contribution in [0.3, 0.4) is 0 Å². The van der Waals surface area contributed by atoms with Gasteiger partial charge in [-0.05, 0) is 42.8 Å². The molecule has 1 N–H and O–H groups in total. The summed E-state index contributed by atoms with van der Waals surface area (Å²) in [6.07, 6.45) is 3.45. The molecule has 2 unspecified atom stereocenters. The van der Waals surface area contributed by atoms with E-state index in [1.165, 1.54) is 0 Å². The van der Waals surface area contributed by atoms with Gasteiger partial charge in [-0.1, -0.05) is 17.7 Å². The Morgan fingerprint density at radius 3 is 2.80 bits per heavy atom. The van der Waals surface area contributed by atoms with Crippen molar-refractivity contribution in [3.8, 4) is 0 Å². The van der Waals surface area contributed by atoms with Crippen LogP contribution in [0.1, 0.15) is 24.2 Å². The van der Waals surface area contributed by atoms with Crippen molar-refractivity contribution >= 4 is 28.1 Å². The van der Waals surface area contributed by atoms with Gasteiger partial charge in [-0.25, -0.2) is 0 Å². The first kappa shape index (κ1) is 15.0. The van der Waals surface area contributed by atoms with Gasteiger partial charge >= 0.3 is 0 Å². The number of nitrogens with one attached hydrogen (secondary N) is 1. The van der Waals surface area contributed by atoms with Crippen LogP contribution in [0.15, 0.2) is 42.6 Å². The predicted octanol–water partition coefficient (Wildman–Crippen LogP) is 3.79. The Kier molecular flexibility index (Phi) is 5.15. The molecule has 0 fully saturated rings. The minimum absolute atomic E-state index is 0.0948. The number of nitrogens with zero attached hydrogens (tertiary/aromatic N) is 1. The average Bonchev–Trinajstić information content (AvgIpc) is 2.43. The van der Waals surface area contributed by atoms with Crippen molar-refractivity contribution in [1.29, 1.82) is 0 Å². The highest BCUT2D eigenvalue weighted by Crippen LogP contribution is 2.24. The zero-order valence-electron chi connectivity index (χ0n) is 11.5. The van der Waals surface area contributed by atoms with Crippen LogP contribution < -0.4 is 5.32 Å². The van der Waals surface area contributed by atoms with E-state index in [4.69, 9.17) is 11.6 Å². The number of anilines is 1. The second-order valence-electron chi connectivity index (χ2n) is 4.64. The molecule has 0 aliphatic heterocycles. The lowest BCUT2D eigenvalue weighted by Crippen LogP contribution is -2.08. The van der Waals surface area contributed by atoms with Crippen molar-refractivity contribution < 1.29 is 4.21 Å². The van der Waals surface area contributed by atoms with Crippen LogP contribution in [0.4, 0.5) is 5.69 Å². The van der Waals surface area contributed by atoms with Gasteiger partial charge in [-0.15, -0.1) is 0 Å². The van der Waals surface area contributed by atoms with Gasteiger partial charge in [-0.3, -0.25) is 9.19 Å². The minimum Gasteiger partial charge on any atom is -0.377 e. The fourth-order valence-corrected chi connectivity index (χ4v) is 2.89. The molecule has 2 aromatic rings. The molecule has 5 heteroatoms. The summed E-state index contributed by atoms with van der Waals surface area (Å²) < 4.78 is 11.3. The Morgan fingerprint density at radius 2 is 2.15 bits per heavy atom. The number of pyridine rings is 1. The van der Waals surface area contributed by atoms with Crippen molar-refractivity contribution in [3.05, 3.63) is 58.9 Å². The molecule has 2 rings (SSSR count). The maximum Gasteiger partial charge on any atom is 0.0657 e. The molecule has 1 aromatic carbocycles. The minimum atomic E-state index is -0.908. The summed E-state index contributed by atoms with van der Waals surface area (Å²) in [7, 11) is -0.908. The summed E-state index contributed by atoms with van der Waals surface area (Å²) in [6, 6.07) is 11.6. The van der Waals surface area contributed by atoms with Gasteiger partial charge in [0, 0.05) is 39.7 Å². The van der Waals surface area contributed by atoms with Gasteiger partial charge in [0.25, 0.3) is 0 Å². The van der Waals surface area contributed by atoms with Crippen molar-refractivity contribution in [1.82, 2.24) is 4.98 Å². The Balaban J connectivity index is 2.15. The summed E-state index contributed by atoms with van der Waals surface area (Å²) in [5, 5.41) is 4.03. The van der Waals surface area contributed by atoms with E-state index in [1.807, 2.05) is 36.4 Å². The van der Waals surface area contributed by atoms with Gasteiger partial charge in [0.15, 0.2) is 0 Å². The van der Waals surface area contributed by atoms with Crippen molar-refractivity contribution in [3.63, 3.8) is 0 Å². The van der Waals surface area contributed by atoms with E-state index in [9.17, 15) is 4.21 Å². The van der Waals surface area contributed by atoms with Crippen molar-refractivity contribution in [2.75, 3.05) is 11.6 Å². The highest BCUT2D eigenvalue weighted by molar-refractivity contribution is 7.83. The molecule has 20 heavy (non-hydrogen) atoms. The molecule has 1 aromatic heterocycles. The Hall–Kier alpha value is -1.39. The fraction of sp³-hybridized carbons (Fsp3) is 0.267. The SMILES string of the molecule is CC(Nc1ccc(Cl)c(CS(C)=O)c1)c1ccccn1. The number of rotatable bonds is 5. The summed E-state index contributed by atoms with van der Waals surface area (Å²) in [5.41, 5.74) is 2.82. The summed E-state index contributed by atoms with van der Waals surface area (Å²) >= 11 is 6.12. The third-order valence-electron chi connectivity index (χ3n) is 2.92. The zero-order valence-corrected chi connectivity index (χ0v) is 13.0. The van der Waals surface area contributed by atoms with Crippen LogP contribution in [0, 0.1) is 0 Å². The molecule has 1 heterocycles. The molecule has 2 atom stereocenters. The molecule has 0 bridgehead atoms. The third kappa shape index (κ3) is 4.05. The van der Waals surface area contributed by atoms with E-state index in [1.54, 1.807) is 12.5 Å². The average molecular weight is 309 g/mol. The fourth-order valence-electron chi connectivity index (χ4n) is 1.95. The highest BCUT2D eigenvalue weighted by atomic mass is 35.5. The predicted molar refractivity (Wildman–Crippen MR) is 85.5 cm³/mol. The van der Waals surface area contributed by atoms with E-state index in [0.717, 1.165) is 16.9 Å². The lowest BCUT2D eigenvalue weighted by atomic mass is 10.1. The summed E-state index contributed by atoms with van der Waals surface area (Å²) in [5.74, 6) is 0.465. The van der Waals surface area contributed by atoms with E-state index in [2.05, 4.69) is 17.2 Å². The molecule has 0 aliphatic rings. The summed E-state index contributed by atoms with van der Waals surface area (Å²) in [6.45, 7) is 2.05. The quantitative estimate of drug-likeness (QED) is 0.914. The largest absolute Gasteiger partial charge is 0.377 e. The van der Waals surface area contributed by atoms with E-state index >= 15 is 0 Å². The molecule has 0 spiro atoms. The molecule has 0 radical (unpaired) electrons. The maximum absolute atomic E-state index is 11.3. The second-order valence-corrected chi connectivity index (χ2v) is 6.49. The molecule has 0 amide bonds. The molecule has 0 aliphatic carbocycles. The Bertz CT molecular complexity index is 604. The van der Waals surface area contributed by atoms with Crippen LogP contribution >= 0.6 is 11.6 Å². The monoisotopic (exact) mass is 308 g/mol. The lowest BCUT2D eigenvalue weighted by molar-refractivity contribution is 0.686.